The molecule has 0 amide bonds. The Balaban J connectivity index is 2.17. The van der Waals surface area contributed by atoms with Gasteiger partial charge in [-0.2, -0.15) is 0 Å². The average Bonchev–Trinajstić information content (AvgIpc) is 3.06. The Bertz CT molecular complexity index is 945. The van der Waals surface area contributed by atoms with Gasteiger partial charge in [-0.1, -0.05) is 56.8 Å². The molecule has 1 aromatic carbocycles. The minimum atomic E-state index is -0.685. The fourth-order valence-corrected chi connectivity index (χ4v) is 4.33. The Morgan fingerprint density at radius 3 is 2.74 bits per heavy atom. The van der Waals surface area contributed by atoms with Gasteiger partial charge in [0.25, 0.3) is 0 Å². The van der Waals surface area contributed by atoms with Crippen LogP contribution in [0.15, 0.2) is 40.0 Å². The van der Waals surface area contributed by atoms with Crippen LogP contribution < -0.4 is 5.32 Å². The summed E-state index contributed by atoms with van der Waals surface area (Å²) >= 11 is 23.4. The normalized spacial score (nSPS) is 16.8. The van der Waals surface area contributed by atoms with Gasteiger partial charge in [0.15, 0.2) is 5.84 Å². The van der Waals surface area contributed by atoms with Crippen molar-refractivity contribution in [3.05, 3.63) is 60.6 Å². The van der Waals surface area contributed by atoms with Crippen molar-refractivity contribution in [2.24, 2.45) is 4.99 Å². The smallest absolute Gasteiger partial charge is 0.338 e. The third-order valence-electron chi connectivity index (χ3n) is 3.76. The summed E-state index contributed by atoms with van der Waals surface area (Å²) in [6.45, 7) is 1.99. The molecule has 0 aliphatic carbocycles. The zero-order valence-electron chi connectivity index (χ0n) is 13.9. The fraction of sp³-hybridized carbons (Fsp3) is 0.235. The number of allylic oxidation sites excluding steroid dienone is 1. The lowest BCUT2D eigenvalue weighted by Crippen LogP contribution is -2.35. The number of alkyl halides is 1. The Hall–Kier alpha value is -1.12. The number of esters is 1. The Kier molecular flexibility index (Phi) is 6.81. The molecule has 1 atom stereocenters. The van der Waals surface area contributed by atoms with Crippen LogP contribution in [0.25, 0.3) is 0 Å². The Morgan fingerprint density at radius 2 is 2.15 bits per heavy atom. The molecule has 1 aromatic heterocycles. The molecular weight excluding hydrogens is 497 g/mol. The standard InChI is InChI=1S/C17H13BrCl3N3O2S/c1-2-26-17(25)12-11(6-18)23-16(14-15(21)27-7-22-14)24-13(12)9-4-3-8(19)5-10(9)20/h3-5,7,13H,2,6H2,1H3,(H,23,24). The summed E-state index contributed by atoms with van der Waals surface area (Å²) in [5.74, 6) is -0.0117. The molecule has 2 aromatic rings. The SMILES string of the molecule is CCOC(=O)C1=C(CBr)NC(c2ncsc2Cl)=NC1c1ccc(Cl)cc1Cl. The molecule has 142 valence electrons. The molecule has 0 spiro atoms. The molecule has 1 N–H and O–H groups in total. The van der Waals surface area contributed by atoms with Crippen LogP contribution in [0, 0.1) is 0 Å². The number of nitrogens with zero attached hydrogens (tertiary/aromatic N) is 2. The summed E-state index contributed by atoms with van der Waals surface area (Å²) < 4.78 is 5.74. The second-order valence-corrected chi connectivity index (χ2v) is 8.25. The number of nitrogens with one attached hydrogen (secondary N) is 1. The molecule has 27 heavy (non-hydrogen) atoms. The van der Waals surface area contributed by atoms with E-state index in [1.54, 1.807) is 30.6 Å². The number of rotatable bonds is 5. The lowest BCUT2D eigenvalue weighted by atomic mass is 9.95. The van der Waals surface area contributed by atoms with Crippen molar-refractivity contribution >= 4 is 73.9 Å². The van der Waals surface area contributed by atoms with E-state index < -0.39 is 12.0 Å². The molecule has 5 nitrogen and oxygen atoms in total. The maximum atomic E-state index is 12.7. The van der Waals surface area contributed by atoms with Gasteiger partial charge in [0, 0.05) is 26.6 Å². The summed E-state index contributed by atoms with van der Waals surface area (Å²) in [6, 6.07) is 4.37. The Labute approximate surface area is 183 Å². The van der Waals surface area contributed by atoms with Gasteiger partial charge in [-0.15, -0.1) is 11.3 Å². The van der Waals surface area contributed by atoms with Crippen molar-refractivity contribution in [3.8, 4) is 0 Å². The van der Waals surface area contributed by atoms with Crippen molar-refractivity contribution in [1.29, 1.82) is 0 Å². The average molecular weight is 510 g/mol. The molecule has 1 aliphatic rings. The van der Waals surface area contributed by atoms with Gasteiger partial charge in [-0.25, -0.2) is 9.78 Å². The van der Waals surface area contributed by atoms with Crippen LogP contribution in [0.3, 0.4) is 0 Å². The maximum absolute atomic E-state index is 12.7. The highest BCUT2D eigenvalue weighted by atomic mass is 79.9. The van der Waals surface area contributed by atoms with Crippen LogP contribution in [0.1, 0.15) is 24.2 Å². The molecule has 0 radical (unpaired) electrons. The van der Waals surface area contributed by atoms with Crippen molar-refractivity contribution in [2.45, 2.75) is 13.0 Å². The van der Waals surface area contributed by atoms with Gasteiger partial charge in [-0.05, 0) is 19.1 Å². The Morgan fingerprint density at radius 1 is 1.37 bits per heavy atom. The summed E-state index contributed by atoms with van der Waals surface area (Å²) in [4.78, 5) is 21.6. The lowest BCUT2D eigenvalue weighted by Gasteiger charge is -2.27. The minimum absolute atomic E-state index is 0.244. The quantitative estimate of drug-likeness (QED) is 0.433. The zero-order valence-corrected chi connectivity index (χ0v) is 18.6. The second kappa shape index (κ2) is 8.92. The van der Waals surface area contributed by atoms with E-state index in [0.29, 0.717) is 48.1 Å². The molecule has 0 bridgehead atoms. The third kappa shape index (κ3) is 4.32. The van der Waals surface area contributed by atoms with Gasteiger partial charge in [0.1, 0.15) is 16.1 Å². The van der Waals surface area contributed by atoms with Crippen LogP contribution in [-0.4, -0.2) is 28.7 Å². The first kappa shape index (κ1) is 20.6. The molecule has 10 heteroatoms. The molecule has 0 fully saturated rings. The maximum Gasteiger partial charge on any atom is 0.338 e. The first-order valence-electron chi connectivity index (χ1n) is 7.81. The number of carbonyl (C=O) groups excluding carboxylic acids is 1. The van der Waals surface area contributed by atoms with Crippen LogP contribution >= 0.6 is 62.1 Å². The number of aliphatic imine (C=N–C) groups is 1. The van der Waals surface area contributed by atoms with E-state index in [9.17, 15) is 4.79 Å². The van der Waals surface area contributed by atoms with Crippen molar-refractivity contribution in [1.82, 2.24) is 10.3 Å². The van der Waals surface area contributed by atoms with Crippen LogP contribution in [-0.2, 0) is 9.53 Å². The third-order valence-corrected chi connectivity index (χ3v) is 5.94. The van der Waals surface area contributed by atoms with E-state index in [1.165, 1.54) is 11.3 Å². The number of ether oxygens (including phenoxy) is 1. The second-order valence-electron chi connectivity index (χ2n) is 5.39. The zero-order chi connectivity index (χ0) is 19.6. The van der Waals surface area contributed by atoms with Gasteiger partial charge in [-0.3, -0.25) is 4.99 Å². The number of halogens is 4. The topological polar surface area (TPSA) is 63.6 Å². The molecule has 0 saturated heterocycles. The summed E-state index contributed by atoms with van der Waals surface area (Å²) in [5, 5.41) is 4.41. The fourth-order valence-electron chi connectivity index (χ4n) is 2.61. The molecule has 1 unspecified atom stereocenters. The number of hydrogen-bond acceptors (Lipinski definition) is 6. The van der Waals surface area contributed by atoms with Crippen molar-refractivity contribution < 1.29 is 9.53 Å². The van der Waals surface area contributed by atoms with Gasteiger partial charge in [0.05, 0.1) is 17.7 Å². The molecule has 2 heterocycles. The summed E-state index contributed by atoms with van der Waals surface area (Å²) in [7, 11) is 0. The van der Waals surface area contributed by atoms with Crippen molar-refractivity contribution in [3.63, 3.8) is 0 Å². The number of amidine groups is 1. The summed E-state index contributed by atoms with van der Waals surface area (Å²) in [6.07, 6.45) is 0. The van der Waals surface area contributed by atoms with E-state index in [2.05, 4.69) is 31.2 Å². The molecule has 3 rings (SSSR count). The van der Waals surface area contributed by atoms with Crippen LogP contribution in [0.5, 0.6) is 0 Å². The molecular formula is C17H13BrCl3N3O2S. The minimum Gasteiger partial charge on any atom is -0.463 e. The van der Waals surface area contributed by atoms with Gasteiger partial charge in [0.2, 0.25) is 0 Å². The highest BCUT2D eigenvalue weighted by Crippen LogP contribution is 2.38. The monoisotopic (exact) mass is 507 g/mol. The lowest BCUT2D eigenvalue weighted by molar-refractivity contribution is -0.138. The largest absolute Gasteiger partial charge is 0.463 e. The number of aromatic nitrogens is 1. The van der Waals surface area contributed by atoms with E-state index in [-0.39, 0.29) is 6.61 Å². The predicted octanol–water partition coefficient (Wildman–Crippen LogP) is 5.41. The van der Waals surface area contributed by atoms with Crippen molar-refractivity contribution in [2.75, 3.05) is 11.9 Å². The van der Waals surface area contributed by atoms with Gasteiger partial charge < -0.3 is 10.1 Å². The predicted molar refractivity (Wildman–Crippen MR) is 113 cm³/mol. The first-order valence-corrected chi connectivity index (χ1v) is 10.9. The summed E-state index contributed by atoms with van der Waals surface area (Å²) in [5.41, 5.74) is 3.75. The van der Waals surface area contributed by atoms with Crippen LogP contribution in [0.4, 0.5) is 0 Å². The highest BCUT2D eigenvalue weighted by molar-refractivity contribution is 9.09. The highest BCUT2D eigenvalue weighted by Gasteiger charge is 2.33. The number of benzene rings is 1. The number of carbonyl (C=O) groups is 1. The van der Waals surface area contributed by atoms with Crippen LogP contribution in [0.2, 0.25) is 14.4 Å². The first-order chi connectivity index (χ1) is 13.0. The molecule has 0 saturated carbocycles. The van der Waals surface area contributed by atoms with E-state index in [4.69, 9.17) is 39.5 Å². The van der Waals surface area contributed by atoms with E-state index >= 15 is 0 Å². The number of thiazole rings is 1. The van der Waals surface area contributed by atoms with Gasteiger partial charge >= 0.3 is 5.97 Å². The number of hydrogen-bond donors (Lipinski definition) is 1. The van der Waals surface area contributed by atoms with E-state index in [1.807, 2.05) is 0 Å². The molecule has 1 aliphatic heterocycles. The van der Waals surface area contributed by atoms with E-state index in [0.717, 1.165) is 0 Å².